The monoisotopic (exact) mass is 494 g/mol. The fraction of sp³-hybridized carbons (Fsp3) is 0.333. The van der Waals surface area contributed by atoms with Crippen molar-refractivity contribution in [2.45, 2.75) is 26.4 Å². The van der Waals surface area contributed by atoms with Crippen molar-refractivity contribution in [2.75, 3.05) is 33.4 Å². The Kier molecular flexibility index (Phi) is 8.39. The SMILES string of the molecule is COc1ccc(OC(=O)N(CC(C)=O)Cc2ccc(OCCN3CCc4sccc4C3)cc2)cc1. The minimum atomic E-state index is -0.582. The van der Waals surface area contributed by atoms with Crippen molar-refractivity contribution in [1.29, 1.82) is 0 Å². The summed E-state index contributed by atoms with van der Waals surface area (Å²) in [6.07, 6.45) is 0.528. The molecule has 0 saturated carbocycles. The quantitative estimate of drug-likeness (QED) is 0.404. The van der Waals surface area contributed by atoms with Crippen molar-refractivity contribution < 1.29 is 23.8 Å². The number of hydrogen-bond acceptors (Lipinski definition) is 7. The molecule has 0 saturated heterocycles. The van der Waals surface area contributed by atoms with E-state index in [0.29, 0.717) is 18.1 Å². The maximum Gasteiger partial charge on any atom is 0.415 e. The molecule has 7 nitrogen and oxygen atoms in total. The number of benzene rings is 2. The molecule has 184 valence electrons. The van der Waals surface area contributed by atoms with Crippen LogP contribution in [-0.2, 0) is 24.3 Å². The van der Waals surface area contributed by atoms with Crippen LogP contribution in [0.2, 0.25) is 0 Å². The van der Waals surface area contributed by atoms with Gasteiger partial charge in [0.15, 0.2) is 0 Å². The standard InChI is InChI=1S/C27H30N2O5S/c1-20(30)17-29(27(31)34-25-9-7-23(32-2)8-10-25)18-21-3-5-24(6-4-21)33-15-14-28-13-11-26-22(19-28)12-16-35-26/h3-10,12,16H,11,13-15,17-19H2,1-2H3. The number of methoxy groups -OCH3 is 1. The molecule has 2 aromatic carbocycles. The summed E-state index contributed by atoms with van der Waals surface area (Å²) < 4.78 is 16.5. The van der Waals surface area contributed by atoms with Crippen LogP contribution >= 0.6 is 11.3 Å². The van der Waals surface area contributed by atoms with E-state index in [1.807, 2.05) is 35.6 Å². The Hall–Kier alpha value is -3.36. The van der Waals surface area contributed by atoms with Crippen molar-refractivity contribution in [3.63, 3.8) is 0 Å². The van der Waals surface area contributed by atoms with Gasteiger partial charge in [-0.3, -0.25) is 14.6 Å². The van der Waals surface area contributed by atoms with E-state index in [1.54, 1.807) is 31.4 Å². The van der Waals surface area contributed by atoms with E-state index in [-0.39, 0.29) is 18.9 Å². The highest BCUT2D eigenvalue weighted by molar-refractivity contribution is 7.10. The van der Waals surface area contributed by atoms with E-state index < -0.39 is 6.09 Å². The number of hydrogen-bond donors (Lipinski definition) is 0. The van der Waals surface area contributed by atoms with E-state index in [4.69, 9.17) is 14.2 Å². The zero-order chi connectivity index (χ0) is 24.6. The number of ketones is 1. The second-order valence-electron chi connectivity index (χ2n) is 8.49. The molecule has 8 heteroatoms. The van der Waals surface area contributed by atoms with Crippen LogP contribution in [0.5, 0.6) is 17.2 Å². The molecule has 1 aromatic heterocycles. The number of amides is 1. The molecule has 4 rings (SSSR count). The van der Waals surface area contributed by atoms with Crippen LogP contribution in [0, 0.1) is 0 Å². The average molecular weight is 495 g/mol. The van der Waals surface area contributed by atoms with Crippen molar-refractivity contribution in [2.24, 2.45) is 0 Å². The average Bonchev–Trinajstić information content (AvgIpc) is 3.33. The van der Waals surface area contributed by atoms with Gasteiger partial charge < -0.3 is 14.2 Å². The number of Topliss-reactive ketones (excluding diaryl/α,β-unsaturated/α-hetero) is 1. The largest absolute Gasteiger partial charge is 0.497 e. The molecule has 3 aromatic rings. The zero-order valence-corrected chi connectivity index (χ0v) is 20.9. The highest BCUT2D eigenvalue weighted by atomic mass is 32.1. The summed E-state index contributed by atoms with van der Waals surface area (Å²) in [5.41, 5.74) is 2.32. The fourth-order valence-electron chi connectivity index (χ4n) is 3.96. The Labute approximate surface area is 209 Å². The summed E-state index contributed by atoms with van der Waals surface area (Å²) in [5.74, 6) is 1.71. The Morgan fingerprint density at radius 2 is 1.71 bits per heavy atom. The van der Waals surface area contributed by atoms with Gasteiger partial charge in [-0.15, -0.1) is 11.3 Å². The summed E-state index contributed by atoms with van der Waals surface area (Å²) in [4.78, 5) is 29.8. The lowest BCUT2D eigenvalue weighted by Crippen LogP contribution is -2.36. The van der Waals surface area contributed by atoms with Gasteiger partial charge >= 0.3 is 6.09 Å². The van der Waals surface area contributed by atoms with Gasteiger partial charge in [-0.25, -0.2) is 4.79 Å². The molecule has 0 aliphatic carbocycles. The van der Waals surface area contributed by atoms with Crippen LogP contribution in [0.25, 0.3) is 0 Å². The number of carbonyl (C=O) groups is 2. The third-order valence-electron chi connectivity index (χ3n) is 5.80. The van der Waals surface area contributed by atoms with E-state index in [1.165, 1.54) is 22.3 Å². The third-order valence-corrected chi connectivity index (χ3v) is 6.82. The Morgan fingerprint density at radius 3 is 2.43 bits per heavy atom. The maximum absolute atomic E-state index is 12.7. The van der Waals surface area contributed by atoms with E-state index in [2.05, 4.69) is 16.3 Å². The van der Waals surface area contributed by atoms with Gasteiger partial charge in [-0.05, 0) is 72.3 Å². The van der Waals surface area contributed by atoms with Crippen molar-refractivity contribution in [3.8, 4) is 17.2 Å². The lowest BCUT2D eigenvalue weighted by atomic mass is 10.1. The van der Waals surface area contributed by atoms with Crippen LogP contribution in [0.1, 0.15) is 22.9 Å². The molecule has 0 fully saturated rings. The van der Waals surface area contributed by atoms with Gasteiger partial charge in [0, 0.05) is 31.1 Å². The van der Waals surface area contributed by atoms with Crippen LogP contribution in [0.15, 0.2) is 60.0 Å². The van der Waals surface area contributed by atoms with E-state index in [9.17, 15) is 9.59 Å². The van der Waals surface area contributed by atoms with Crippen molar-refractivity contribution in [1.82, 2.24) is 9.80 Å². The minimum absolute atomic E-state index is 0.0328. The summed E-state index contributed by atoms with van der Waals surface area (Å²) in [6.45, 7) is 5.21. The second kappa shape index (κ2) is 11.9. The summed E-state index contributed by atoms with van der Waals surface area (Å²) >= 11 is 1.85. The van der Waals surface area contributed by atoms with Gasteiger partial charge in [-0.1, -0.05) is 12.1 Å². The first kappa shape index (κ1) is 24.8. The van der Waals surface area contributed by atoms with Gasteiger partial charge in [0.1, 0.15) is 29.6 Å². The molecule has 2 heterocycles. The van der Waals surface area contributed by atoms with Gasteiger partial charge in [-0.2, -0.15) is 0 Å². The summed E-state index contributed by atoms with van der Waals surface area (Å²) in [6, 6.07) is 16.5. The topological polar surface area (TPSA) is 68.3 Å². The zero-order valence-electron chi connectivity index (χ0n) is 20.1. The number of fused-ring (bicyclic) bond motifs is 1. The third kappa shape index (κ3) is 7.07. The highest BCUT2D eigenvalue weighted by Crippen LogP contribution is 2.24. The molecule has 35 heavy (non-hydrogen) atoms. The van der Waals surface area contributed by atoms with E-state index >= 15 is 0 Å². The highest BCUT2D eigenvalue weighted by Gasteiger charge is 2.19. The molecule has 0 atom stereocenters. The predicted octanol–water partition coefficient (Wildman–Crippen LogP) is 4.78. The number of carbonyl (C=O) groups excluding carboxylic acids is 2. The molecular formula is C27H30N2O5S. The van der Waals surface area contributed by atoms with Crippen molar-refractivity contribution >= 4 is 23.2 Å². The van der Waals surface area contributed by atoms with Crippen LogP contribution in [-0.4, -0.2) is 55.0 Å². The van der Waals surface area contributed by atoms with Crippen molar-refractivity contribution in [3.05, 3.63) is 76.0 Å². The first-order chi connectivity index (χ1) is 17.0. The molecule has 1 aliphatic rings. The van der Waals surface area contributed by atoms with Gasteiger partial charge in [0.25, 0.3) is 0 Å². The number of rotatable bonds is 10. The molecule has 0 radical (unpaired) electrons. The second-order valence-corrected chi connectivity index (χ2v) is 9.49. The minimum Gasteiger partial charge on any atom is -0.497 e. The normalized spacial score (nSPS) is 13.1. The summed E-state index contributed by atoms with van der Waals surface area (Å²) in [5, 5.41) is 2.17. The van der Waals surface area contributed by atoms with E-state index in [0.717, 1.165) is 37.4 Å². The fourth-order valence-corrected chi connectivity index (χ4v) is 4.85. The van der Waals surface area contributed by atoms with Crippen LogP contribution < -0.4 is 14.2 Å². The Balaban J connectivity index is 1.28. The first-order valence-electron chi connectivity index (χ1n) is 11.6. The Bertz CT molecular complexity index is 1130. The summed E-state index contributed by atoms with van der Waals surface area (Å²) in [7, 11) is 1.57. The Morgan fingerprint density at radius 1 is 1.00 bits per heavy atom. The molecule has 0 spiro atoms. The molecule has 0 bridgehead atoms. The molecular weight excluding hydrogens is 464 g/mol. The molecule has 1 amide bonds. The van der Waals surface area contributed by atoms with Crippen LogP contribution in [0.3, 0.4) is 0 Å². The predicted molar refractivity (Wildman–Crippen MR) is 135 cm³/mol. The van der Waals surface area contributed by atoms with Gasteiger partial charge in [0.05, 0.1) is 13.7 Å². The molecule has 0 unspecified atom stereocenters. The lowest BCUT2D eigenvalue weighted by molar-refractivity contribution is -0.117. The smallest absolute Gasteiger partial charge is 0.415 e. The first-order valence-corrected chi connectivity index (χ1v) is 12.5. The lowest BCUT2D eigenvalue weighted by Gasteiger charge is -2.26. The molecule has 0 N–H and O–H groups in total. The number of thiophene rings is 1. The molecule has 1 aliphatic heterocycles. The maximum atomic E-state index is 12.7. The number of ether oxygens (including phenoxy) is 3. The number of nitrogens with zero attached hydrogens (tertiary/aromatic N) is 2. The van der Waals surface area contributed by atoms with Crippen LogP contribution in [0.4, 0.5) is 4.79 Å². The van der Waals surface area contributed by atoms with Gasteiger partial charge in [0.2, 0.25) is 0 Å².